The molecular weight excluding hydrogens is 297 g/mol. The average Bonchev–Trinajstić information content (AvgIpc) is 2.35. The van der Waals surface area contributed by atoms with Gasteiger partial charge in [-0.3, -0.25) is 4.99 Å². The van der Waals surface area contributed by atoms with Crippen molar-refractivity contribution in [2.24, 2.45) is 4.99 Å². The van der Waals surface area contributed by atoms with Gasteiger partial charge in [-0.05, 0) is 49.4 Å². The monoisotopic (exact) mass is 307 g/mol. The molecule has 0 radical (unpaired) electrons. The molecule has 0 bridgehead atoms. The van der Waals surface area contributed by atoms with Crippen LogP contribution in [0.4, 0.5) is 10.1 Å². The smallest absolute Gasteiger partial charge is 0.124 e. The molecule has 2 nitrogen and oxygen atoms in total. The predicted octanol–water partition coefficient (Wildman–Crippen LogP) is 4.43. The van der Waals surface area contributed by atoms with Crippen LogP contribution in [-0.4, -0.2) is 10.8 Å². The van der Waals surface area contributed by atoms with Gasteiger partial charge in [0.1, 0.15) is 11.6 Å². The second kappa shape index (κ2) is 5.31. The third-order valence-corrected chi connectivity index (χ3v) is 2.97. The molecular formula is C14H11BrFNO. The van der Waals surface area contributed by atoms with Crippen LogP contribution in [0.1, 0.15) is 12.5 Å². The number of rotatable bonds is 2. The Bertz CT molecular complexity index is 593. The van der Waals surface area contributed by atoms with Crippen molar-refractivity contribution in [2.45, 2.75) is 6.92 Å². The van der Waals surface area contributed by atoms with E-state index in [-0.39, 0.29) is 11.6 Å². The summed E-state index contributed by atoms with van der Waals surface area (Å²) in [5.74, 6) is -0.126. The van der Waals surface area contributed by atoms with E-state index in [0.29, 0.717) is 17.0 Å². The quantitative estimate of drug-likeness (QED) is 0.818. The van der Waals surface area contributed by atoms with Crippen molar-refractivity contribution in [3.05, 3.63) is 58.3 Å². The number of aromatic hydroxyl groups is 1. The number of halogens is 2. The van der Waals surface area contributed by atoms with Gasteiger partial charge < -0.3 is 5.11 Å². The van der Waals surface area contributed by atoms with Crippen LogP contribution in [0.3, 0.4) is 0 Å². The number of hydrogen-bond acceptors (Lipinski definition) is 2. The van der Waals surface area contributed by atoms with Gasteiger partial charge in [-0.2, -0.15) is 0 Å². The molecule has 0 aliphatic heterocycles. The average molecular weight is 308 g/mol. The summed E-state index contributed by atoms with van der Waals surface area (Å²) in [6.07, 6.45) is 0. The van der Waals surface area contributed by atoms with Crippen LogP contribution in [-0.2, 0) is 0 Å². The van der Waals surface area contributed by atoms with Crippen LogP contribution < -0.4 is 0 Å². The topological polar surface area (TPSA) is 32.6 Å². The zero-order chi connectivity index (χ0) is 13.1. The van der Waals surface area contributed by atoms with E-state index in [4.69, 9.17) is 0 Å². The van der Waals surface area contributed by atoms with E-state index in [9.17, 15) is 9.50 Å². The van der Waals surface area contributed by atoms with Crippen molar-refractivity contribution in [2.75, 3.05) is 0 Å². The Morgan fingerprint density at radius 1 is 1.17 bits per heavy atom. The third-order valence-electron chi connectivity index (χ3n) is 2.47. The molecule has 0 aliphatic carbocycles. The Morgan fingerprint density at radius 2 is 1.83 bits per heavy atom. The normalized spacial score (nSPS) is 11.6. The van der Waals surface area contributed by atoms with Gasteiger partial charge in [-0.25, -0.2) is 4.39 Å². The molecule has 2 aromatic carbocycles. The summed E-state index contributed by atoms with van der Waals surface area (Å²) in [6, 6.07) is 11.0. The van der Waals surface area contributed by atoms with Gasteiger partial charge in [-0.1, -0.05) is 15.9 Å². The van der Waals surface area contributed by atoms with Crippen molar-refractivity contribution in [1.29, 1.82) is 0 Å². The molecule has 0 saturated heterocycles. The van der Waals surface area contributed by atoms with E-state index in [2.05, 4.69) is 20.9 Å². The SMILES string of the molecule is C/C(=N\c1ccc(F)cc1)c1cc(Br)ccc1O. The standard InChI is InChI=1S/C14H11BrFNO/c1-9(13-8-10(15)2-7-14(13)18)17-12-5-3-11(16)4-6-12/h2-8,18H,1H3/b17-9+. The highest BCUT2D eigenvalue weighted by molar-refractivity contribution is 9.10. The number of hydrogen-bond donors (Lipinski definition) is 1. The number of aliphatic imine (C=N–C) groups is 1. The Morgan fingerprint density at radius 3 is 2.50 bits per heavy atom. The Labute approximate surface area is 113 Å². The molecule has 18 heavy (non-hydrogen) atoms. The fourth-order valence-corrected chi connectivity index (χ4v) is 1.93. The van der Waals surface area contributed by atoms with Crippen LogP contribution in [0.2, 0.25) is 0 Å². The van der Waals surface area contributed by atoms with Crippen LogP contribution >= 0.6 is 15.9 Å². The van der Waals surface area contributed by atoms with Gasteiger partial charge in [-0.15, -0.1) is 0 Å². The van der Waals surface area contributed by atoms with E-state index in [0.717, 1.165) is 4.47 Å². The first-order chi connectivity index (χ1) is 8.56. The van der Waals surface area contributed by atoms with Crippen LogP contribution in [0.25, 0.3) is 0 Å². The molecule has 0 fully saturated rings. The summed E-state index contributed by atoms with van der Waals surface area (Å²) in [5, 5.41) is 9.77. The Kier molecular flexibility index (Phi) is 3.77. The van der Waals surface area contributed by atoms with Crippen molar-refractivity contribution in [3.63, 3.8) is 0 Å². The maximum absolute atomic E-state index is 12.8. The van der Waals surface area contributed by atoms with Gasteiger partial charge >= 0.3 is 0 Å². The number of phenols is 1. The lowest BCUT2D eigenvalue weighted by atomic mass is 10.1. The zero-order valence-electron chi connectivity index (χ0n) is 9.69. The van der Waals surface area contributed by atoms with Crippen molar-refractivity contribution >= 4 is 27.3 Å². The summed E-state index contributed by atoms with van der Waals surface area (Å²) in [5.41, 5.74) is 1.96. The van der Waals surface area contributed by atoms with Crippen molar-refractivity contribution < 1.29 is 9.50 Å². The van der Waals surface area contributed by atoms with E-state index in [1.807, 2.05) is 0 Å². The van der Waals surface area contributed by atoms with Gasteiger partial charge in [0.2, 0.25) is 0 Å². The van der Waals surface area contributed by atoms with E-state index >= 15 is 0 Å². The second-order valence-electron chi connectivity index (χ2n) is 3.84. The number of nitrogens with zero attached hydrogens (tertiary/aromatic N) is 1. The first kappa shape index (κ1) is 12.8. The minimum atomic E-state index is -0.295. The first-order valence-corrected chi connectivity index (χ1v) is 6.15. The highest BCUT2D eigenvalue weighted by Gasteiger charge is 2.05. The van der Waals surface area contributed by atoms with Gasteiger partial charge in [0.25, 0.3) is 0 Å². The fraction of sp³-hybridized carbons (Fsp3) is 0.0714. The molecule has 92 valence electrons. The fourth-order valence-electron chi connectivity index (χ4n) is 1.57. The molecule has 1 N–H and O–H groups in total. The predicted molar refractivity (Wildman–Crippen MR) is 74.1 cm³/mol. The van der Waals surface area contributed by atoms with Gasteiger partial charge in [0.15, 0.2) is 0 Å². The third kappa shape index (κ3) is 2.96. The highest BCUT2D eigenvalue weighted by atomic mass is 79.9. The minimum Gasteiger partial charge on any atom is -0.507 e. The lowest BCUT2D eigenvalue weighted by Gasteiger charge is -2.05. The van der Waals surface area contributed by atoms with Gasteiger partial charge in [0.05, 0.1) is 5.69 Å². The maximum Gasteiger partial charge on any atom is 0.124 e. The van der Waals surface area contributed by atoms with Crippen LogP contribution in [0.15, 0.2) is 51.9 Å². The maximum atomic E-state index is 12.8. The molecule has 4 heteroatoms. The molecule has 0 unspecified atom stereocenters. The summed E-state index contributed by atoms with van der Waals surface area (Å²) >= 11 is 3.34. The molecule has 0 spiro atoms. The van der Waals surface area contributed by atoms with E-state index in [1.165, 1.54) is 12.1 Å². The van der Waals surface area contributed by atoms with E-state index < -0.39 is 0 Å². The molecule has 0 aliphatic rings. The largest absolute Gasteiger partial charge is 0.507 e. The summed E-state index contributed by atoms with van der Waals surface area (Å²) < 4.78 is 13.6. The highest BCUT2D eigenvalue weighted by Crippen LogP contribution is 2.24. The summed E-state index contributed by atoms with van der Waals surface area (Å²) in [6.45, 7) is 1.80. The summed E-state index contributed by atoms with van der Waals surface area (Å²) in [7, 11) is 0. The minimum absolute atomic E-state index is 0.168. The van der Waals surface area contributed by atoms with Gasteiger partial charge in [0, 0.05) is 15.7 Å². The summed E-state index contributed by atoms with van der Waals surface area (Å²) in [4.78, 5) is 4.34. The lowest BCUT2D eigenvalue weighted by Crippen LogP contribution is -1.94. The second-order valence-corrected chi connectivity index (χ2v) is 4.75. The molecule has 2 aromatic rings. The Balaban J connectivity index is 2.38. The van der Waals surface area contributed by atoms with Crippen LogP contribution in [0, 0.1) is 5.82 Å². The molecule has 0 aromatic heterocycles. The molecule has 0 saturated carbocycles. The van der Waals surface area contributed by atoms with Crippen LogP contribution in [0.5, 0.6) is 5.75 Å². The molecule has 0 amide bonds. The zero-order valence-corrected chi connectivity index (χ0v) is 11.3. The van der Waals surface area contributed by atoms with Crippen molar-refractivity contribution in [1.82, 2.24) is 0 Å². The lowest BCUT2D eigenvalue weighted by molar-refractivity contribution is 0.474. The molecule has 0 atom stereocenters. The van der Waals surface area contributed by atoms with Crippen molar-refractivity contribution in [3.8, 4) is 5.75 Å². The van der Waals surface area contributed by atoms with E-state index in [1.54, 1.807) is 37.3 Å². The molecule has 0 heterocycles. The first-order valence-electron chi connectivity index (χ1n) is 5.36. The Hall–Kier alpha value is -1.68. The number of benzene rings is 2. The molecule has 2 rings (SSSR count). The number of phenolic OH excluding ortho intramolecular Hbond substituents is 1.